The second kappa shape index (κ2) is 14.5. The van der Waals surface area contributed by atoms with E-state index in [4.69, 9.17) is 34.4 Å². The predicted molar refractivity (Wildman–Crippen MR) is 143 cm³/mol. The maximum absolute atomic E-state index is 13.9. The van der Waals surface area contributed by atoms with Gasteiger partial charge in [0.1, 0.15) is 23.2 Å². The minimum Gasteiger partial charge on any atom is -0.496 e. The summed E-state index contributed by atoms with van der Waals surface area (Å²) in [4.78, 5) is 21.2. The highest BCUT2D eigenvalue weighted by molar-refractivity contribution is 6.04. The number of ketones is 1. The van der Waals surface area contributed by atoms with E-state index < -0.39 is 12.0 Å². The number of nitrogens with two attached hydrogens (primary N) is 1. The van der Waals surface area contributed by atoms with Gasteiger partial charge in [-0.3, -0.25) is 4.79 Å². The molecule has 0 aromatic heterocycles. The van der Waals surface area contributed by atoms with Gasteiger partial charge >= 0.3 is 0 Å². The van der Waals surface area contributed by atoms with Crippen LogP contribution in [0.5, 0.6) is 34.5 Å². The summed E-state index contributed by atoms with van der Waals surface area (Å²) in [7, 11) is 6.19. The molecule has 0 spiro atoms. The summed E-state index contributed by atoms with van der Waals surface area (Å²) in [6.45, 7) is 11.1. The maximum atomic E-state index is 13.9. The Balaban J connectivity index is 0.00000235. The van der Waals surface area contributed by atoms with Gasteiger partial charge in [-0.05, 0) is 44.6 Å². The molecule has 0 fully saturated rings. The molecule has 0 bridgehead atoms. The first-order chi connectivity index (χ1) is 18.0. The number of carbonyl (C=O) groups excluding carboxylic acids is 1. The van der Waals surface area contributed by atoms with E-state index in [1.807, 2.05) is 26.0 Å². The van der Waals surface area contributed by atoms with Gasteiger partial charge in [-0.1, -0.05) is 27.7 Å². The Morgan fingerprint density at radius 1 is 0.892 bits per heavy atom. The molecule has 1 aliphatic rings. The fourth-order valence-electron chi connectivity index (χ4n) is 4.58. The van der Waals surface area contributed by atoms with E-state index in [0.29, 0.717) is 40.7 Å². The van der Waals surface area contributed by atoms with Crippen LogP contribution in [0.3, 0.4) is 0 Å². The molecule has 0 saturated carbocycles. The Bertz CT molecular complexity index is 999. The molecule has 2 unspecified atom stereocenters. The van der Waals surface area contributed by atoms with Crippen molar-refractivity contribution in [3.05, 3.63) is 35.4 Å². The first-order valence-electron chi connectivity index (χ1n) is 12.8. The summed E-state index contributed by atoms with van der Waals surface area (Å²) in [6.07, 6.45) is 0.858. The van der Waals surface area contributed by atoms with Crippen LogP contribution in [0.1, 0.15) is 62.6 Å². The van der Waals surface area contributed by atoms with Gasteiger partial charge in [-0.15, -0.1) is 0 Å². The van der Waals surface area contributed by atoms with Crippen LogP contribution in [0.4, 0.5) is 0 Å². The maximum Gasteiger partial charge on any atom is 0.203 e. The number of fused-ring (bicyclic) bond motifs is 1. The van der Waals surface area contributed by atoms with Crippen LogP contribution >= 0.6 is 0 Å². The number of carbonyl (C=O) groups is 1. The average molecular weight is 519 g/mol. The lowest BCUT2D eigenvalue weighted by Gasteiger charge is -2.34. The van der Waals surface area contributed by atoms with Crippen molar-refractivity contribution in [3.8, 4) is 34.5 Å². The fraction of sp³-hybridized carbons (Fsp3) is 0.536. The van der Waals surface area contributed by atoms with Crippen molar-refractivity contribution >= 4 is 5.78 Å². The molecule has 0 radical (unpaired) electrons. The second-order valence-electron chi connectivity index (χ2n) is 8.25. The van der Waals surface area contributed by atoms with E-state index in [-0.39, 0.29) is 11.5 Å². The Labute approximate surface area is 220 Å². The first-order valence-corrected chi connectivity index (χ1v) is 12.8. The number of benzene rings is 2. The summed E-state index contributed by atoms with van der Waals surface area (Å²) in [6, 6.07) is 6.91. The Kier molecular flexibility index (Phi) is 11.8. The van der Waals surface area contributed by atoms with E-state index in [1.165, 1.54) is 7.11 Å². The summed E-state index contributed by atoms with van der Waals surface area (Å²) >= 11 is 0. The van der Waals surface area contributed by atoms with Gasteiger partial charge in [0.15, 0.2) is 23.0 Å². The number of hydrogen-bond acceptors (Lipinski definition) is 9. The lowest BCUT2D eigenvalue weighted by molar-refractivity contribution is 0.0615. The molecule has 2 aromatic rings. The topological polar surface area (TPSA) is 102 Å². The first kappa shape index (κ1) is 30.1. The molecule has 37 heavy (non-hydrogen) atoms. The van der Waals surface area contributed by atoms with Gasteiger partial charge in [0.2, 0.25) is 5.75 Å². The second-order valence-corrected chi connectivity index (χ2v) is 8.25. The van der Waals surface area contributed by atoms with Crippen molar-refractivity contribution in [1.82, 2.24) is 4.90 Å². The average Bonchev–Trinajstić information content (AvgIpc) is 2.95. The van der Waals surface area contributed by atoms with E-state index in [0.717, 1.165) is 31.6 Å². The molecular weight excluding hydrogens is 476 g/mol. The van der Waals surface area contributed by atoms with E-state index in [9.17, 15) is 4.79 Å². The van der Waals surface area contributed by atoms with E-state index in [1.54, 1.807) is 33.5 Å². The van der Waals surface area contributed by atoms with Crippen LogP contribution in [-0.4, -0.2) is 58.8 Å². The third kappa shape index (κ3) is 6.59. The third-order valence-electron chi connectivity index (χ3n) is 6.50. The smallest absolute Gasteiger partial charge is 0.203 e. The fourth-order valence-corrected chi connectivity index (χ4v) is 4.58. The molecule has 0 amide bonds. The monoisotopic (exact) mass is 518 g/mol. The highest BCUT2D eigenvalue weighted by atomic mass is 16.6. The lowest BCUT2D eigenvalue weighted by Crippen LogP contribution is -2.33. The summed E-state index contributed by atoms with van der Waals surface area (Å²) < 4.78 is 28.4. The largest absolute Gasteiger partial charge is 0.496 e. The molecule has 2 atom stereocenters. The third-order valence-corrected chi connectivity index (χ3v) is 6.50. The van der Waals surface area contributed by atoms with E-state index in [2.05, 4.69) is 18.7 Å². The summed E-state index contributed by atoms with van der Waals surface area (Å²) in [5.41, 5.74) is 1.06. The van der Waals surface area contributed by atoms with Crippen LogP contribution in [-0.2, 0) is 0 Å². The molecule has 1 heterocycles. The van der Waals surface area contributed by atoms with Crippen molar-refractivity contribution in [1.29, 1.82) is 0 Å². The van der Waals surface area contributed by atoms with Crippen molar-refractivity contribution < 1.29 is 33.3 Å². The number of nitrogens with zero attached hydrogens (tertiary/aromatic N) is 1. The van der Waals surface area contributed by atoms with Gasteiger partial charge in [-0.25, -0.2) is 0 Å². The molecule has 9 nitrogen and oxygen atoms in total. The van der Waals surface area contributed by atoms with Crippen LogP contribution in [0.15, 0.2) is 24.3 Å². The van der Waals surface area contributed by atoms with Gasteiger partial charge in [-0.2, -0.15) is 5.90 Å². The molecule has 9 heteroatoms. The van der Waals surface area contributed by atoms with Crippen LogP contribution in [0.25, 0.3) is 0 Å². The number of Topliss-reactive ketones (excluding diaryl/α,β-unsaturated/α-hetero) is 1. The van der Waals surface area contributed by atoms with Crippen molar-refractivity contribution in [2.45, 2.75) is 46.6 Å². The summed E-state index contributed by atoms with van der Waals surface area (Å²) in [5.74, 6) is 7.46. The SMILES string of the molecule is CC.CCN(CC)CCCC1C(=O)c2c(ON)cc(OC)cc2OC1c1cc(OC)c(OC)c(OC)c1. The van der Waals surface area contributed by atoms with Crippen molar-refractivity contribution in [2.75, 3.05) is 48.1 Å². The molecule has 2 aromatic carbocycles. The Hall–Kier alpha value is -3.17. The standard InChI is InChI=1S/C26H36N2O7.C2H6/c1-7-28(8-2)11-9-10-18-24(29)23-19(14-17(30-3)15-20(23)35-27)34-25(18)16-12-21(31-4)26(33-6)22(13-16)32-5;1-2/h12-15,18,25H,7-11,27H2,1-6H3;1-2H3. The normalized spacial score (nSPS) is 16.2. The quantitative estimate of drug-likeness (QED) is 0.387. The zero-order valence-corrected chi connectivity index (χ0v) is 23.4. The van der Waals surface area contributed by atoms with Gasteiger partial charge in [0, 0.05) is 17.7 Å². The van der Waals surface area contributed by atoms with Gasteiger partial charge in [0.25, 0.3) is 0 Å². The van der Waals surface area contributed by atoms with Crippen LogP contribution < -0.4 is 34.4 Å². The molecule has 0 saturated heterocycles. The lowest BCUT2D eigenvalue weighted by atomic mass is 9.82. The van der Waals surface area contributed by atoms with Crippen LogP contribution in [0.2, 0.25) is 0 Å². The summed E-state index contributed by atoms with van der Waals surface area (Å²) in [5, 5.41) is 0. The van der Waals surface area contributed by atoms with Crippen LogP contribution in [0, 0.1) is 5.92 Å². The molecule has 3 rings (SSSR count). The number of ether oxygens (including phenoxy) is 5. The highest BCUT2D eigenvalue weighted by Crippen LogP contribution is 2.48. The number of rotatable bonds is 12. The number of hydrogen-bond donors (Lipinski definition) is 1. The highest BCUT2D eigenvalue weighted by Gasteiger charge is 2.41. The molecule has 206 valence electrons. The predicted octanol–water partition coefficient (Wildman–Crippen LogP) is 5.05. The van der Waals surface area contributed by atoms with E-state index >= 15 is 0 Å². The number of methoxy groups -OCH3 is 4. The van der Waals surface area contributed by atoms with Gasteiger partial charge in [0.05, 0.1) is 34.4 Å². The minimum absolute atomic E-state index is 0.0901. The zero-order valence-electron chi connectivity index (χ0n) is 23.4. The Morgan fingerprint density at radius 2 is 1.51 bits per heavy atom. The van der Waals surface area contributed by atoms with Crippen molar-refractivity contribution in [3.63, 3.8) is 0 Å². The molecule has 1 aliphatic heterocycles. The zero-order chi connectivity index (χ0) is 27.5. The Morgan fingerprint density at radius 3 is 2.00 bits per heavy atom. The molecule has 0 aliphatic carbocycles. The van der Waals surface area contributed by atoms with Crippen molar-refractivity contribution in [2.24, 2.45) is 11.8 Å². The van der Waals surface area contributed by atoms with Gasteiger partial charge < -0.3 is 33.4 Å². The molecular formula is C28H42N2O7. The molecule has 2 N–H and O–H groups in total. The minimum atomic E-state index is -0.585.